The van der Waals surface area contributed by atoms with E-state index in [2.05, 4.69) is 34.6 Å². The number of esters is 1. The van der Waals surface area contributed by atoms with E-state index in [1.54, 1.807) is 0 Å². The molecule has 4 aliphatic carbocycles. The van der Waals surface area contributed by atoms with Gasteiger partial charge in [0.25, 0.3) is 0 Å². The average Bonchev–Trinajstić information content (AvgIpc) is 3.06. The van der Waals surface area contributed by atoms with Crippen LogP contribution in [0.5, 0.6) is 0 Å². The van der Waals surface area contributed by atoms with Crippen molar-refractivity contribution in [1.29, 1.82) is 0 Å². The third-order valence-corrected chi connectivity index (χ3v) is 11.2. The van der Waals surface area contributed by atoms with E-state index in [0.717, 1.165) is 55.3 Å². The summed E-state index contributed by atoms with van der Waals surface area (Å²) in [6, 6.07) is 0. The molecule has 0 amide bonds. The van der Waals surface area contributed by atoms with Gasteiger partial charge in [-0.1, -0.05) is 53.9 Å². The lowest BCUT2D eigenvalue weighted by atomic mass is 9.43. The van der Waals surface area contributed by atoms with Gasteiger partial charge in [0.05, 0.1) is 6.10 Å². The summed E-state index contributed by atoms with van der Waals surface area (Å²) in [6.07, 6.45) is 13.3. The molecule has 184 valence electrons. The third-order valence-electron chi connectivity index (χ3n) is 11.2. The van der Waals surface area contributed by atoms with E-state index in [0.29, 0.717) is 17.3 Å². The molecule has 4 saturated carbocycles. The highest BCUT2D eigenvalue weighted by atomic mass is 16.5. The molecule has 0 spiro atoms. The van der Waals surface area contributed by atoms with Gasteiger partial charge in [-0.15, -0.1) is 0 Å². The normalized spacial score (nSPS) is 46.8. The predicted octanol–water partition coefficient (Wildman–Crippen LogP) is 7.01. The lowest BCUT2D eigenvalue weighted by Gasteiger charge is -2.62. The molecule has 0 aromatic heterocycles. The zero-order valence-electron chi connectivity index (χ0n) is 21.7. The first-order valence-electron chi connectivity index (χ1n) is 13.9. The Bertz CT molecular complexity index is 673. The molecular formula is C29H50O3. The minimum absolute atomic E-state index is 0.00758. The minimum atomic E-state index is -0.232. The molecule has 0 bridgehead atoms. The van der Waals surface area contributed by atoms with Gasteiger partial charge in [0.15, 0.2) is 0 Å². The quantitative estimate of drug-likeness (QED) is 0.446. The maximum atomic E-state index is 11.5. The lowest BCUT2D eigenvalue weighted by Crippen LogP contribution is -2.58. The zero-order chi connectivity index (χ0) is 23.3. The van der Waals surface area contributed by atoms with E-state index in [9.17, 15) is 9.90 Å². The van der Waals surface area contributed by atoms with E-state index in [1.807, 2.05) is 0 Å². The SMILES string of the molecule is CC(=O)O[C@H]1CC[C@@]2(C)[C@H](C1)[C@H](O)C[C@@H]1[C@@H]2CC[C@]2(C)[C@@H]([C@H](C)CCCC(C)C)CC[C@@H]12. The van der Waals surface area contributed by atoms with Crippen molar-refractivity contribution in [3.8, 4) is 0 Å². The Kier molecular flexibility index (Phi) is 7.08. The van der Waals surface area contributed by atoms with Gasteiger partial charge in [0, 0.05) is 6.92 Å². The van der Waals surface area contributed by atoms with Crippen LogP contribution in [0.3, 0.4) is 0 Å². The van der Waals surface area contributed by atoms with Crippen LogP contribution in [0, 0.1) is 52.3 Å². The molecule has 0 heterocycles. The smallest absolute Gasteiger partial charge is 0.302 e. The molecule has 0 radical (unpaired) electrons. The molecule has 0 saturated heterocycles. The number of rotatable bonds is 6. The van der Waals surface area contributed by atoms with E-state index in [-0.39, 0.29) is 23.6 Å². The molecule has 4 rings (SSSR count). The second-order valence-electron chi connectivity index (χ2n) is 13.3. The number of ether oxygens (including phenoxy) is 1. The highest BCUT2D eigenvalue weighted by molar-refractivity contribution is 5.66. The van der Waals surface area contributed by atoms with E-state index < -0.39 is 0 Å². The Hall–Kier alpha value is -0.570. The summed E-state index contributed by atoms with van der Waals surface area (Å²) in [6.45, 7) is 13.9. The fourth-order valence-corrected chi connectivity index (χ4v) is 9.63. The number of hydrogen-bond acceptors (Lipinski definition) is 3. The number of hydrogen-bond donors (Lipinski definition) is 1. The van der Waals surface area contributed by atoms with Gasteiger partial charge >= 0.3 is 5.97 Å². The monoisotopic (exact) mass is 446 g/mol. The molecule has 10 atom stereocenters. The van der Waals surface area contributed by atoms with E-state index in [4.69, 9.17) is 4.74 Å². The van der Waals surface area contributed by atoms with Crippen molar-refractivity contribution in [2.45, 2.75) is 124 Å². The van der Waals surface area contributed by atoms with Crippen LogP contribution >= 0.6 is 0 Å². The molecule has 4 fully saturated rings. The molecule has 0 aliphatic heterocycles. The Labute approximate surface area is 197 Å². The summed E-state index contributed by atoms with van der Waals surface area (Å²) in [7, 11) is 0. The van der Waals surface area contributed by atoms with Gasteiger partial charge in [-0.3, -0.25) is 4.79 Å². The highest BCUT2D eigenvalue weighted by Gasteiger charge is 2.62. The molecule has 0 aromatic rings. The molecule has 32 heavy (non-hydrogen) atoms. The first kappa shape index (κ1) is 24.6. The van der Waals surface area contributed by atoms with Gasteiger partial charge in [-0.05, 0) is 104 Å². The van der Waals surface area contributed by atoms with Gasteiger partial charge in [-0.2, -0.15) is 0 Å². The van der Waals surface area contributed by atoms with Crippen LogP contribution in [0.1, 0.15) is 112 Å². The molecule has 3 heteroatoms. The standard InChI is InChI=1S/C29H50O3/c1-18(2)8-7-9-19(3)23-10-11-24-22-17-27(31)26-16-21(32-20(4)30)12-14-29(26,6)25(22)13-15-28(23,24)5/h18-19,21-27,31H,7-17H2,1-6H3/t19-,21+,22+,23-,24+,25+,26-,27-,28-,29-/m1/s1. The zero-order valence-corrected chi connectivity index (χ0v) is 21.7. The highest BCUT2D eigenvalue weighted by Crippen LogP contribution is 2.68. The van der Waals surface area contributed by atoms with Crippen molar-refractivity contribution in [2.75, 3.05) is 0 Å². The summed E-state index contributed by atoms with van der Waals surface area (Å²) in [5.74, 6) is 4.84. The van der Waals surface area contributed by atoms with Crippen LogP contribution in [0.4, 0.5) is 0 Å². The Balaban J connectivity index is 1.47. The molecule has 4 aliphatic rings. The van der Waals surface area contributed by atoms with Gasteiger partial charge < -0.3 is 9.84 Å². The van der Waals surface area contributed by atoms with Gasteiger partial charge in [0.2, 0.25) is 0 Å². The Morgan fingerprint density at radius 2 is 1.62 bits per heavy atom. The maximum Gasteiger partial charge on any atom is 0.302 e. The summed E-state index contributed by atoms with van der Waals surface area (Å²) < 4.78 is 5.59. The minimum Gasteiger partial charge on any atom is -0.463 e. The largest absolute Gasteiger partial charge is 0.463 e. The summed E-state index contributed by atoms with van der Waals surface area (Å²) in [5, 5.41) is 11.4. The van der Waals surface area contributed by atoms with Crippen molar-refractivity contribution in [2.24, 2.45) is 52.3 Å². The first-order valence-corrected chi connectivity index (χ1v) is 13.9. The van der Waals surface area contributed by atoms with Crippen molar-refractivity contribution < 1.29 is 14.6 Å². The number of carbonyl (C=O) groups is 1. The topological polar surface area (TPSA) is 46.5 Å². The Morgan fingerprint density at radius 1 is 0.938 bits per heavy atom. The molecular weight excluding hydrogens is 396 g/mol. The van der Waals surface area contributed by atoms with Crippen molar-refractivity contribution in [3.05, 3.63) is 0 Å². The average molecular weight is 447 g/mol. The van der Waals surface area contributed by atoms with Crippen LogP contribution in [0.2, 0.25) is 0 Å². The summed E-state index contributed by atoms with van der Waals surface area (Å²) >= 11 is 0. The second kappa shape index (κ2) is 9.23. The number of fused-ring (bicyclic) bond motifs is 5. The maximum absolute atomic E-state index is 11.5. The molecule has 3 nitrogen and oxygen atoms in total. The second-order valence-corrected chi connectivity index (χ2v) is 13.3. The summed E-state index contributed by atoms with van der Waals surface area (Å²) in [5.41, 5.74) is 0.678. The van der Waals surface area contributed by atoms with E-state index >= 15 is 0 Å². The van der Waals surface area contributed by atoms with Gasteiger partial charge in [0.1, 0.15) is 6.10 Å². The molecule has 0 aromatic carbocycles. The molecule has 0 unspecified atom stereocenters. The molecule has 1 N–H and O–H groups in total. The lowest BCUT2D eigenvalue weighted by molar-refractivity contribution is -0.182. The van der Waals surface area contributed by atoms with Crippen LogP contribution in [0.25, 0.3) is 0 Å². The fourth-order valence-electron chi connectivity index (χ4n) is 9.63. The van der Waals surface area contributed by atoms with Crippen molar-refractivity contribution in [1.82, 2.24) is 0 Å². The van der Waals surface area contributed by atoms with Crippen molar-refractivity contribution >= 4 is 5.97 Å². The van der Waals surface area contributed by atoms with Crippen LogP contribution in [0.15, 0.2) is 0 Å². The first-order chi connectivity index (χ1) is 15.1. The van der Waals surface area contributed by atoms with Crippen molar-refractivity contribution in [3.63, 3.8) is 0 Å². The van der Waals surface area contributed by atoms with Crippen LogP contribution < -0.4 is 0 Å². The number of carbonyl (C=O) groups excluding carboxylic acids is 1. The van der Waals surface area contributed by atoms with Crippen LogP contribution in [-0.4, -0.2) is 23.3 Å². The number of aliphatic hydroxyl groups is 1. The fraction of sp³-hybridized carbons (Fsp3) is 0.966. The van der Waals surface area contributed by atoms with Crippen LogP contribution in [-0.2, 0) is 9.53 Å². The Morgan fingerprint density at radius 3 is 2.31 bits per heavy atom. The predicted molar refractivity (Wildman–Crippen MR) is 130 cm³/mol. The summed E-state index contributed by atoms with van der Waals surface area (Å²) in [4.78, 5) is 11.5. The third kappa shape index (κ3) is 4.29. The van der Waals surface area contributed by atoms with Gasteiger partial charge in [-0.25, -0.2) is 0 Å². The number of aliphatic hydroxyl groups excluding tert-OH is 1. The van der Waals surface area contributed by atoms with E-state index in [1.165, 1.54) is 51.9 Å².